The van der Waals surface area contributed by atoms with Gasteiger partial charge in [0.2, 0.25) is 0 Å². The minimum atomic E-state index is -0.502. The third-order valence-corrected chi connectivity index (χ3v) is 2.88. The second kappa shape index (κ2) is 5.57. The first-order valence-electron chi connectivity index (χ1n) is 6.63. The van der Waals surface area contributed by atoms with Gasteiger partial charge in [-0.25, -0.2) is 9.78 Å². The summed E-state index contributed by atoms with van der Waals surface area (Å²) >= 11 is 0. The van der Waals surface area contributed by atoms with Gasteiger partial charge in [-0.05, 0) is 51.8 Å². The number of amides is 1. The maximum absolute atomic E-state index is 11.6. The fraction of sp³-hybridized carbons (Fsp3) is 0.571. The van der Waals surface area contributed by atoms with Gasteiger partial charge in [-0.3, -0.25) is 5.32 Å². The van der Waals surface area contributed by atoms with E-state index in [1.54, 1.807) is 12.3 Å². The zero-order chi connectivity index (χ0) is 13.9. The molecule has 1 unspecified atom stereocenters. The van der Waals surface area contributed by atoms with Crippen molar-refractivity contribution in [3.05, 3.63) is 23.9 Å². The van der Waals surface area contributed by atoms with Crippen LogP contribution >= 0.6 is 0 Å². The molecule has 0 saturated carbocycles. The molecule has 0 aromatic carbocycles. The van der Waals surface area contributed by atoms with Crippen LogP contribution in [0.1, 0.15) is 45.2 Å². The second-order valence-electron chi connectivity index (χ2n) is 5.75. The van der Waals surface area contributed by atoms with Crippen molar-refractivity contribution in [3.63, 3.8) is 0 Å². The van der Waals surface area contributed by atoms with Crippen LogP contribution in [0.25, 0.3) is 0 Å². The van der Waals surface area contributed by atoms with E-state index in [0.717, 1.165) is 18.5 Å². The summed E-state index contributed by atoms with van der Waals surface area (Å²) in [5, 5.41) is 6.04. The molecule has 104 valence electrons. The summed E-state index contributed by atoms with van der Waals surface area (Å²) in [4.78, 5) is 15.8. The summed E-state index contributed by atoms with van der Waals surface area (Å²) in [6.07, 6.45) is 3.66. The molecular formula is C14H21N3O2. The summed E-state index contributed by atoms with van der Waals surface area (Å²) in [7, 11) is 0. The van der Waals surface area contributed by atoms with Gasteiger partial charge >= 0.3 is 6.09 Å². The number of carbonyl (C=O) groups is 1. The molecule has 0 spiro atoms. The average molecular weight is 263 g/mol. The van der Waals surface area contributed by atoms with Crippen LogP contribution < -0.4 is 10.6 Å². The Morgan fingerprint density at radius 3 is 2.79 bits per heavy atom. The molecule has 0 bridgehead atoms. The van der Waals surface area contributed by atoms with E-state index in [4.69, 9.17) is 4.74 Å². The first-order valence-corrected chi connectivity index (χ1v) is 6.63. The number of hydrogen-bond donors (Lipinski definition) is 2. The van der Waals surface area contributed by atoms with Crippen LogP contribution in [0.5, 0.6) is 0 Å². The van der Waals surface area contributed by atoms with E-state index >= 15 is 0 Å². The van der Waals surface area contributed by atoms with E-state index in [1.165, 1.54) is 6.42 Å². The van der Waals surface area contributed by atoms with Gasteiger partial charge in [-0.15, -0.1) is 0 Å². The maximum atomic E-state index is 11.6. The fourth-order valence-corrected chi connectivity index (χ4v) is 2.06. The molecule has 19 heavy (non-hydrogen) atoms. The highest BCUT2D eigenvalue weighted by molar-refractivity contribution is 5.83. The monoisotopic (exact) mass is 263 g/mol. The van der Waals surface area contributed by atoms with Crippen molar-refractivity contribution in [2.75, 3.05) is 11.9 Å². The Morgan fingerprint density at radius 2 is 2.26 bits per heavy atom. The number of carbonyl (C=O) groups excluding carboxylic acids is 1. The zero-order valence-corrected chi connectivity index (χ0v) is 11.7. The molecule has 1 aromatic heterocycles. The largest absolute Gasteiger partial charge is 0.444 e. The summed E-state index contributed by atoms with van der Waals surface area (Å²) < 4.78 is 5.17. The molecule has 1 saturated heterocycles. The van der Waals surface area contributed by atoms with Crippen LogP contribution in [0, 0.1) is 0 Å². The van der Waals surface area contributed by atoms with Crippen molar-refractivity contribution in [1.29, 1.82) is 0 Å². The van der Waals surface area contributed by atoms with Crippen LogP contribution in [0.4, 0.5) is 10.6 Å². The van der Waals surface area contributed by atoms with Gasteiger partial charge in [0.25, 0.3) is 0 Å². The second-order valence-corrected chi connectivity index (χ2v) is 5.75. The van der Waals surface area contributed by atoms with E-state index in [1.807, 2.05) is 26.8 Å². The molecule has 0 aliphatic carbocycles. The lowest BCUT2D eigenvalue weighted by Crippen LogP contribution is -2.27. The van der Waals surface area contributed by atoms with Gasteiger partial charge in [-0.1, -0.05) is 6.07 Å². The highest BCUT2D eigenvalue weighted by Gasteiger charge is 2.18. The summed E-state index contributed by atoms with van der Waals surface area (Å²) in [6.45, 7) is 6.54. The van der Waals surface area contributed by atoms with E-state index < -0.39 is 11.7 Å². The van der Waals surface area contributed by atoms with Crippen LogP contribution in [-0.2, 0) is 4.74 Å². The summed E-state index contributed by atoms with van der Waals surface area (Å²) in [6, 6.07) is 4.19. The SMILES string of the molecule is CC(C)(C)OC(=O)Nc1ccc(C2CCCN2)cn1. The topological polar surface area (TPSA) is 63.2 Å². The number of pyridine rings is 1. The van der Waals surface area contributed by atoms with Crippen LogP contribution in [-0.4, -0.2) is 23.2 Å². The number of hydrogen-bond acceptors (Lipinski definition) is 4. The first kappa shape index (κ1) is 13.8. The van der Waals surface area contributed by atoms with Crippen LogP contribution in [0.15, 0.2) is 18.3 Å². The van der Waals surface area contributed by atoms with Crippen molar-refractivity contribution in [2.45, 2.75) is 45.3 Å². The van der Waals surface area contributed by atoms with Crippen molar-refractivity contribution in [2.24, 2.45) is 0 Å². The van der Waals surface area contributed by atoms with Crippen LogP contribution in [0.2, 0.25) is 0 Å². The molecule has 5 heteroatoms. The van der Waals surface area contributed by atoms with Gasteiger partial charge in [0.05, 0.1) is 0 Å². The number of anilines is 1. The van der Waals surface area contributed by atoms with Crippen molar-refractivity contribution >= 4 is 11.9 Å². The lowest BCUT2D eigenvalue weighted by molar-refractivity contribution is 0.0635. The normalized spacial score (nSPS) is 19.2. The Kier molecular flexibility index (Phi) is 4.04. The van der Waals surface area contributed by atoms with E-state index in [9.17, 15) is 4.79 Å². The van der Waals surface area contributed by atoms with Gasteiger partial charge < -0.3 is 10.1 Å². The molecule has 1 fully saturated rings. The Labute approximate surface area is 113 Å². The highest BCUT2D eigenvalue weighted by Crippen LogP contribution is 2.22. The Bertz CT molecular complexity index is 431. The number of nitrogens with one attached hydrogen (secondary N) is 2. The number of nitrogens with zero attached hydrogens (tertiary/aromatic N) is 1. The molecule has 2 N–H and O–H groups in total. The molecule has 5 nitrogen and oxygen atoms in total. The molecule has 1 aromatic rings. The minimum absolute atomic E-state index is 0.392. The van der Waals surface area contributed by atoms with Gasteiger partial charge in [0.15, 0.2) is 0 Å². The summed E-state index contributed by atoms with van der Waals surface area (Å²) in [5.74, 6) is 0.510. The molecular weight excluding hydrogens is 242 g/mol. The molecule has 2 rings (SSSR count). The Balaban J connectivity index is 1.93. The zero-order valence-electron chi connectivity index (χ0n) is 11.7. The first-order chi connectivity index (χ1) is 8.94. The minimum Gasteiger partial charge on any atom is -0.444 e. The van der Waals surface area contributed by atoms with Crippen molar-refractivity contribution in [1.82, 2.24) is 10.3 Å². The van der Waals surface area contributed by atoms with E-state index in [-0.39, 0.29) is 0 Å². The lowest BCUT2D eigenvalue weighted by Gasteiger charge is -2.19. The Morgan fingerprint density at radius 1 is 1.47 bits per heavy atom. The lowest BCUT2D eigenvalue weighted by atomic mass is 10.1. The molecule has 1 aliphatic rings. The number of aromatic nitrogens is 1. The highest BCUT2D eigenvalue weighted by atomic mass is 16.6. The molecule has 1 amide bonds. The maximum Gasteiger partial charge on any atom is 0.413 e. The van der Waals surface area contributed by atoms with Gasteiger partial charge in [0, 0.05) is 12.2 Å². The smallest absolute Gasteiger partial charge is 0.413 e. The van der Waals surface area contributed by atoms with Crippen molar-refractivity contribution < 1.29 is 9.53 Å². The quantitative estimate of drug-likeness (QED) is 0.861. The van der Waals surface area contributed by atoms with Crippen molar-refractivity contribution in [3.8, 4) is 0 Å². The number of ether oxygens (including phenoxy) is 1. The number of rotatable bonds is 2. The summed E-state index contributed by atoms with van der Waals surface area (Å²) in [5.41, 5.74) is 0.657. The van der Waals surface area contributed by atoms with Gasteiger partial charge in [0.1, 0.15) is 11.4 Å². The van der Waals surface area contributed by atoms with Gasteiger partial charge in [-0.2, -0.15) is 0 Å². The Hall–Kier alpha value is -1.62. The third-order valence-electron chi connectivity index (χ3n) is 2.88. The predicted octanol–water partition coefficient (Wildman–Crippen LogP) is 2.85. The third kappa shape index (κ3) is 4.21. The standard InChI is InChI=1S/C14H21N3O2/c1-14(2,3)19-13(18)17-12-7-6-10(9-16-12)11-5-4-8-15-11/h6-7,9,11,15H,4-5,8H2,1-3H3,(H,16,17,18). The predicted molar refractivity (Wildman–Crippen MR) is 74.1 cm³/mol. The van der Waals surface area contributed by atoms with E-state index in [0.29, 0.717) is 11.9 Å². The van der Waals surface area contributed by atoms with Crippen LogP contribution in [0.3, 0.4) is 0 Å². The molecule has 0 radical (unpaired) electrons. The average Bonchev–Trinajstić information content (AvgIpc) is 2.80. The molecule has 2 heterocycles. The molecule has 1 atom stereocenters. The molecule has 1 aliphatic heterocycles. The fourth-order valence-electron chi connectivity index (χ4n) is 2.06. The van der Waals surface area contributed by atoms with E-state index in [2.05, 4.69) is 15.6 Å².